The number of rotatable bonds is 7. The molecule has 3 N–H and O–H groups in total. The molecule has 1 amide bonds. The SMILES string of the molecule is CCNC(=NCc1sccc1C)NCCNC(=O)c1ccccc1Cl.I. The van der Waals surface area contributed by atoms with E-state index < -0.39 is 0 Å². The van der Waals surface area contributed by atoms with Crippen molar-refractivity contribution in [1.82, 2.24) is 16.0 Å². The molecule has 0 spiro atoms. The summed E-state index contributed by atoms with van der Waals surface area (Å²) in [7, 11) is 0. The lowest BCUT2D eigenvalue weighted by molar-refractivity contribution is 0.0954. The van der Waals surface area contributed by atoms with E-state index in [1.54, 1.807) is 35.6 Å². The first-order chi connectivity index (χ1) is 12.1. The van der Waals surface area contributed by atoms with E-state index >= 15 is 0 Å². The molecular formula is C18H24ClIN4OS. The van der Waals surface area contributed by atoms with E-state index in [0.717, 1.165) is 12.5 Å². The number of carbonyl (C=O) groups excluding carboxylic acids is 1. The smallest absolute Gasteiger partial charge is 0.252 e. The highest BCUT2D eigenvalue weighted by Crippen LogP contribution is 2.16. The Morgan fingerprint density at radius 2 is 1.88 bits per heavy atom. The first kappa shape index (κ1) is 22.7. The molecule has 26 heavy (non-hydrogen) atoms. The van der Waals surface area contributed by atoms with Crippen molar-refractivity contribution in [2.24, 2.45) is 4.99 Å². The summed E-state index contributed by atoms with van der Waals surface area (Å²) in [5, 5.41) is 11.8. The maximum absolute atomic E-state index is 12.1. The normalized spacial score (nSPS) is 10.8. The number of nitrogens with zero attached hydrogens (tertiary/aromatic N) is 1. The molecule has 8 heteroatoms. The van der Waals surface area contributed by atoms with Gasteiger partial charge >= 0.3 is 0 Å². The van der Waals surface area contributed by atoms with Crippen molar-refractivity contribution >= 4 is 58.8 Å². The summed E-state index contributed by atoms with van der Waals surface area (Å²) < 4.78 is 0. The predicted molar refractivity (Wildman–Crippen MR) is 121 cm³/mol. The van der Waals surface area contributed by atoms with Gasteiger partial charge in [-0.05, 0) is 43.0 Å². The van der Waals surface area contributed by atoms with Crippen molar-refractivity contribution in [3.8, 4) is 0 Å². The number of thiophene rings is 1. The number of aryl methyl sites for hydroxylation is 1. The van der Waals surface area contributed by atoms with Gasteiger partial charge in [0.15, 0.2) is 5.96 Å². The van der Waals surface area contributed by atoms with Crippen LogP contribution in [0, 0.1) is 6.92 Å². The number of aliphatic imine (C=N–C) groups is 1. The second kappa shape index (κ2) is 12.1. The van der Waals surface area contributed by atoms with Gasteiger partial charge in [0.25, 0.3) is 5.91 Å². The fourth-order valence-corrected chi connectivity index (χ4v) is 3.21. The molecule has 1 aromatic carbocycles. The maximum atomic E-state index is 12.1. The Bertz CT molecular complexity index is 735. The number of amides is 1. The number of benzene rings is 1. The van der Waals surface area contributed by atoms with Gasteiger partial charge in [-0.2, -0.15) is 0 Å². The van der Waals surface area contributed by atoms with Crippen LogP contribution in [0.1, 0.15) is 27.7 Å². The summed E-state index contributed by atoms with van der Waals surface area (Å²) in [6.45, 7) is 6.59. The van der Waals surface area contributed by atoms with Gasteiger partial charge < -0.3 is 16.0 Å². The van der Waals surface area contributed by atoms with E-state index in [-0.39, 0.29) is 29.9 Å². The van der Waals surface area contributed by atoms with Crippen molar-refractivity contribution in [1.29, 1.82) is 0 Å². The van der Waals surface area contributed by atoms with Crippen LogP contribution in [-0.2, 0) is 6.54 Å². The van der Waals surface area contributed by atoms with Crippen LogP contribution in [0.5, 0.6) is 0 Å². The lowest BCUT2D eigenvalue weighted by atomic mass is 10.2. The number of hydrogen-bond acceptors (Lipinski definition) is 3. The standard InChI is InChI=1S/C18H23ClN4OS.HI/c1-3-20-18(23-12-16-13(2)8-11-25-16)22-10-9-21-17(24)14-6-4-5-7-15(14)19;/h4-8,11H,3,9-10,12H2,1-2H3,(H,21,24)(H2,20,22,23);1H. The second-order valence-corrected chi connectivity index (χ2v) is 6.79. The fourth-order valence-electron chi connectivity index (χ4n) is 2.16. The van der Waals surface area contributed by atoms with Crippen LogP contribution in [0.2, 0.25) is 5.02 Å². The number of carbonyl (C=O) groups is 1. The molecule has 0 saturated heterocycles. The minimum Gasteiger partial charge on any atom is -0.357 e. The minimum absolute atomic E-state index is 0. The monoisotopic (exact) mass is 506 g/mol. The van der Waals surface area contributed by atoms with Crippen molar-refractivity contribution < 1.29 is 4.79 Å². The largest absolute Gasteiger partial charge is 0.357 e. The first-order valence-electron chi connectivity index (χ1n) is 8.19. The third-order valence-corrected chi connectivity index (χ3v) is 4.85. The molecule has 142 valence electrons. The van der Waals surface area contributed by atoms with E-state index in [9.17, 15) is 4.79 Å². The number of guanidine groups is 1. The van der Waals surface area contributed by atoms with Crippen LogP contribution in [0.4, 0.5) is 0 Å². The van der Waals surface area contributed by atoms with E-state index in [1.165, 1.54) is 10.4 Å². The van der Waals surface area contributed by atoms with Crippen molar-refractivity contribution in [3.63, 3.8) is 0 Å². The highest BCUT2D eigenvalue weighted by molar-refractivity contribution is 14.0. The summed E-state index contributed by atoms with van der Waals surface area (Å²) in [4.78, 5) is 17.9. The molecule has 0 atom stereocenters. The predicted octanol–water partition coefficient (Wildman–Crippen LogP) is 3.81. The molecule has 2 aromatic rings. The zero-order chi connectivity index (χ0) is 18.1. The first-order valence-corrected chi connectivity index (χ1v) is 9.45. The second-order valence-electron chi connectivity index (χ2n) is 5.38. The summed E-state index contributed by atoms with van der Waals surface area (Å²) in [6.07, 6.45) is 0. The highest BCUT2D eigenvalue weighted by atomic mass is 127. The molecule has 1 heterocycles. The van der Waals surface area contributed by atoms with Gasteiger partial charge in [0.05, 0.1) is 17.1 Å². The molecular weight excluding hydrogens is 483 g/mol. The Morgan fingerprint density at radius 1 is 1.15 bits per heavy atom. The molecule has 0 fully saturated rings. The lowest BCUT2D eigenvalue weighted by Gasteiger charge is -2.12. The molecule has 0 radical (unpaired) electrons. The zero-order valence-electron chi connectivity index (χ0n) is 14.8. The average molecular weight is 507 g/mol. The Labute approximate surface area is 180 Å². The third-order valence-electron chi connectivity index (χ3n) is 3.51. The summed E-state index contributed by atoms with van der Waals surface area (Å²) in [5.74, 6) is 0.561. The minimum atomic E-state index is -0.177. The number of nitrogens with one attached hydrogen (secondary N) is 3. The van der Waals surface area contributed by atoms with Gasteiger partial charge in [0.2, 0.25) is 0 Å². The van der Waals surface area contributed by atoms with Crippen LogP contribution in [-0.4, -0.2) is 31.5 Å². The van der Waals surface area contributed by atoms with Crippen LogP contribution in [0.15, 0.2) is 40.7 Å². The van der Waals surface area contributed by atoms with E-state index in [4.69, 9.17) is 11.6 Å². The highest BCUT2D eigenvalue weighted by Gasteiger charge is 2.08. The van der Waals surface area contributed by atoms with Crippen LogP contribution in [0.3, 0.4) is 0 Å². The van der Waals surface area contributed by atoms with Crippen molar-refractivity contribution in [3.05, 3.63) is 56.7 Å². The Balaban J connectivity index is 0.00000338. The number of halogens is 2. The Morgan fingerprint density at radius 3 is 2.54 bits per heavy atom. The van der Waals surface area contributed by atoms with Gasteiger partial charge in [-0.25, -0.2) is 4.99 Å². The Hall–Kier alpha value is -1.32. The molecule has 0 aliphatic rings. The van der Waals surface area contributed by atoms with Gasteiger partial charge in [-0.1, -0.05) is 23.7 Å². The molecule has 0 aliphatic heterocycles. The van der Waals surface area contributed by atoms with Gasteiger partial charge in [0.1, 0.15) is 0 Å². The summed E-state index contributed by atoms with van der Waals surface area (Å²) in [5.41, 5.74) is 1.74. The molecule has 0 saturated carbocycles. The van der Waals surface area contributed by atoms with Crippen molar-refractivity contribution in [2.45, 2.75) is 20.4 Å². The van der Waals surface area contributed by atoms with Crippen LogP contribution < -0.4 is 16.0 Å². The quantitative estimate of drug-likeness (QED) is 0.232. The van der Waals surface area contributed by atoms with Gasteiger partial charge in [-0.15, -0.1) is 35.3 Å². The van der Waals surface area contributed by atoms with Gasteiger partial charge in [-0.3, -0.25) is 4.79 Å². The van der Waals surface area contributed by atoms with Gasteiger partial charge in [0, 0.05) is 24.5 Å². The molecule has 5 nitrogen and oxygen atoms in total. The van der Waals surface area contributed by atoms with E-state index in [1.807, 2.05) is 6.92 Å². The van der Waals surface area contributed by atoms with Crippen LogP contribution in [0.25, 0.3) is 0 Å². The molecule has 0 bridgehead atoms. The average Bonchev–Trinajstić information content (AvgIpc) is 3.01. The zero-order valence-corrected chi connectivity index (χ0v) is 18.7. The third kappa shape index (κ3) is 7.13. The molecule has 0 unspecified atom stereocenters. The number of hydrogen-bond donors (Lipinski definition) is 3. The summed E-state index contributed by atoms with van der Waals surface area (Å²) >= 11 is 7.73. The van der Waals surface area contributed by atoms with E-state index in [0.29, 0.717) is 30.2 Å². The topological polar surface area (TPSA) is 65.5 Å². The molecule has 2 rings (SSSR count). The molecule has 0 aliphatic carbocycles. The fraction of sp³-hybridized carbons (Fsp3) is 0.333. The Kier molecular flexibility index (Phi) is 10.6. The van der Waals surface area contributed by atoms with Crippen LogP contribution >= 0.6 is 46.9 Å². The van der Waals surface area contributed by atoms with Crippen molar-refractivity contribution in [2.75, 3.05) is 19.6 Å². The van der Waals surface area contributed by atoms with E-state index in [2.05, 4.69) is 39.3 Å². The lowest BCUT2D eigenvalue weighted by Crippen LogP contribution is -2.41. The molecule has 1 aromatic heterocycles. The summed E-state index contributed by atoms with van der Waals surface area (Å²) in [6, 6.07) is 9.11. The maximum Gasteiger partial charge on any atom is 0.252 e.